The molecule has 0 heterocycles. The molecule has 2 fully saturated rings. The summed E-state index contributed by atoms with van der Waals surface area (Å²) in [5.74, 6) is -0.350. The van der Waals surface area contributed by atoms with Crippen LogP contribution in [0.4, 0.5) is 0 Å². The number of carbonyl (C=O) groups excluding carboxylic acids is 1. The number of allylic oxidation sites excluding steroid dienone is 2. The first-order chi connectivity index (χ1) is 12.9. The molecule has 4 unspecified atom stereocenters. The topological polar surface area (TPSA) is 109 Å². The molecule has 0 aromatic heterocycles. The Labute approximate surface area is 160 Å². The molecule has 27 heavy (non-hydrogen) atoms. The van der Waals surface area contributed by atoms with Gasteiger partial charge in [0.15, 0.2) is 9.84 Å². The molecule has 1 aromatic carbocycles. The average molecular weight is 393 g/mol. The lowest BCUT2D eigenvalue weighted by Gasteiger charge is -2.36. The Morgan fingerprint density at radius 3 is 2.74 bits per heavy atom. The van der Waals surface area contributed by atoms with Crippen LogP contribution in [0.5, 0.6) is 0 Å². The van der Waals surface area contributed by atoms with Gasteiger partial charge in [0.25, 0.3) is 0 Å². The van der Waals surface area contributed by atoms with E-state index >= 15 is 0 Å². The lowest BCUT2D eigenvalue weighted by Crippen LogP contribution is -2.48. The molecule has 1 aromatic rings. The fourth-order valence-electron chi connectivity index (χ4n) is 4.82. The minimum atomic E-state index is -3.41. The molecule has 6 nitrogen and oxygen atoms in total. The standard InChI is InChI=1S/C20H28N2O4S/c21-20-13-12-15(14-20)19(27(25,26)16-8-4-3-5-9-16)17(20)10-6-1-2-7-11-18(23)22-24/h1,3-6,8-9,15,17,19,24H,2,7,10-14,21H2,(H,22,23). The molecule has 0 aliphatic heterocycles. The van der Waals surface area contributed by atoms with Crippen LogP contribution < -0.4 is 11.2 Å². The summed E-state index contributed by atoms with van der Waals surface area (Å²) in [5, 5.41) is 8.05. The van der Waals surface area contributed by atoms with Gasteiger partial charge in [0.2, 0.25) is 5.91 Å². The zero-order valence-corrected chi connectivity index (χ0v) is 16.2. The third-order valence-electron chi connectivity index (χ3n) is 6.11. The van der Waals surface area contributed by atoms with E-state index in [4.69, 9.17) is 10.9 Å². The first-order valence-corrected chi connectivity index (χ1v) is 11.1. The van der Waals surface area contributed by atoms with Gasteiger partial charge in [-0.15, -0.1) is 0 Å². The molecule has 0 saturated heterocycles. The first kappa shape index (κ1) is 20.0. The van der Waals surface area contributed by atoms with Gasteiger partial charge in [0.05, 0.1) is 10.1 Å². The third-order valence-corrected chi connectivity index (χ3v) is 8.47. The van der Waals surface area contributed by atoms with Gasteiger partial charge in [-0.1, -0.05) is 30.4 Å². The summed E-state index contributed by atoms with van der Waals surface area (Å²) < 4.78 is 26.5. The van der Waals surface area contributed by atoms with Gasteiger partial charge >= 0.3 is 0 Å². The van der Waals surface area contributed by atoms with E-state index in [1.54, 1.807) is 29.7 Å². The van der Waals surface area contributed by atoms with Crippen LogP contribution in [0, 0.1) is 11.8 Å². The number of unbranched alkanes of at least 4 members (excludes halogenated alkanes) is 1. The van der Waals surface area contributed by atoms with Gasteiger partial charge in [0, 0.05) is 12.0 Å². The number of amides is 1. The molecule has 3 rings (SSSR count). The van der Waals surface area contributed by atoms with Crippen LogP contribution in [0.2, 0.25) is 0 Å². The molecule has 0 radical (unpaired) electrons. The van der Waals surface area contributed by atoms with Crippen molar-refractivity contribution in [1.82, 2.24) is 5.48 Å². The quantitative estimate of drug-likeness (QED) is 0.273. The van der Waals surface area contributed by atoms with Gasteiger partial charge in [-0.3, -0.25) is 10.0 Å². The lowest BCUT2D eigenvalue weighted by molar-refractivity contribution is -0.129. The summed E-state index contributed by atoms with van der Waals surface area (Å²) in [6, 6.07) is 8.68. The monoisotopic (exact) mass is 392 g/mol. The number of rotatable bonds is 8. The van der Waals surface area contributed by atoms with Gasteiger partial charge in [0.1, 0.15) is 0 Å². The van der Waals surface area contributed by atoms with Crippen molar-refractivity contribution >= 4 is 15.7 Å². The van der Waals surface area contributed by atoms with Gasteiger partial charge in [-0.2, -0.15) is 0 Å². The van der Waals surface area contributed by atoms with Crippen LogP contribution in [-0.2, 0) is 14.6 Å². The van der Waals surface area contributed by atoms with Crippen molar-refractivity contribution in [1.29, 1.82) is 0 Å². The van der Waals surface area contributed by atoms with Crippen LogP contribution in [0.25, 0.3) is 0 Å². The summed E-state index contributed by atoms with van der Waals surface area (Å²) in [6.07, 6.45) is 8.76. The number of sulfone groups is 1. The fraction of sp³-hybridized carbons (Fsp3) is 0.550. The summed E-state index contributed by atoms with van der Waals surface area (Å²) in [6.45, 7) is 0. The number of hydrogen-bond acceptors (Lipinski definition) is 5. The van der Waals surface area contributed by atoms with Crippen molar-refractivity contribution in [3.8, 4) is 0 Å². The van der Waals surface area contributed by atoms with Crippen LogP contribution in [0.3, 0.4) is 0 Å². The van der Waals surface area contributed by atoms with Crippen molar-refractivity contribution in [3.05, 3.63) is 42.5 Å². The highest BCUT2D eigenvalue weighted by Crippen LogP contribution is 2.54. The smallest absolute Gasteiger partial charge is 0.243 e. The van der Waals surface area contributed by atoms with Gasteiger partial charge < -0.3 is 5.73 Å². The number of hydrogen-bond donors (Lipinski definition) is 3. The molecule has 4 N–H and O–H groups in total. The Bertz CT molecular complexity index is 793. The Kier molecular flexibility index (Phi) is 6.03. The van der Waals surface area contributed by atoms with Gasteiger partial charge in [-0.05, 0) is 62.5 Å². The van der Waals surface area contributed by atoms with Crippen LogP contribution in [0.1, 0.15) is 44.9 Å². The second-order valence-electron chi connectivity index (χ2n) is 7.80. The predicted octanol–water partition coefficient (Wildman–Crippen LogP) is 2.58. The number of benzene rings is 1. The SMILES string of the molecule is NC12CCC(C1)C(S(=O)(=O)c1ccccc1)C2CC=CCCCC(=O)NO. The predicted molar refractivity (Wildman–Crippen MR) is 103 cm³/mol. The van der Waals surface area contributed by atoms with Crippen molar-refractivity contribution in [2.24, 2.45) is 17.6 Å². The van der Waals surface area contributed by atoms with Crippen molar-refractivity contribution in [2.45, 2.75) is 60.6 Å². The molecule has 7 heteroatoms. The lowest BCUT2D eigenvalue weighted by atomic mass is 9.80. The van der Waals surface area contributed by atoms with Crippen molar-refractivity contribution in [3.63, 3.8) is 0 Å². The zero-order valence-electron chi connectivity index (χ0n) is 15.4. The molecule has 2 bridgehead atoms. The molecule has 2 aliphatic carbocycles. The largest absolute Gasteiger partial charge is 0.325 e. The molecule has 1 amide bonds. The second kappa shape index (κ2) is 8.12. The maximum Gasteiger partial charge on any atom is 0.243 e. The highest BCUT2D eigenvalue weighted by molar-refractivity contribution is 7.92. The maximum atomic E-state index is 13.3. The van der Waals surface area contributed by atoms with E-state index in [-0.39, 0.29) is 18.3 Å². The summed E-state index contributed by atoms with van der Waals surface area (Å²) in [5.41, 5.74) is 7.84. The first-order valence-electron chi connectivity index (χ1n) is 9.54. The maximum absolute atomic E-state index is 13.3. The summed E-state index contributed by atoms with van der Waals surface area (Å²) in [7, 11) is -3.41. The number of nitrogens with two attached hydrogens (primary N) is 1. The molecular weight excluding hydrogens is 364 g/mol. The van der Waals surface area contributed by atoms with Crippen LogP contribution in [0.15, 0.2) is 47.4 Å². The van der Waals surface area contributed by atoms with Crippen LogP contribution >= 0.6 is 0 Å². The summed E-state index contributed by atoms with van der Waals surface area (Å²) in [4.78, 5) is 11.4. The molecule has 2 aliphatic rings. The number of nitrogens with one attached hydrogen (secondary N) is 1. The number of carbonyl (C=O) groups is 1. The molecular formula is C20H28N2O4S. The molecule has 148 valence electrons. The Morgan fingerprint density at radius 2 is 2.04 bits per heavy atom. The normalized spacial score (nSPS) is 30.1. The number of fused-ring (bicyclic) bond motifs is 2. The third kappa shape index (κ3) is 4.10. The van der Waals surface area contributed by atoms with Gasteiger partial charge in [-0.25, -0.2) is 13.9 Å². The van der Waals surface area contributed by atoms with E-state index in [2.05, 4.69) is 0 Å². The molecule has 0 spiro atoms. The Morgan fingerprint density at radius 1 is 1.30 bits per heavy atom. The Balaban J connectivity index is 1.70. The van der Waals surface area contributed by atoms with E-state index in [0.29, 0.717) is 24.2 Å². The van der Waals surface area contributed by atoms with Crippen LogP contribution in [-0.4, -0.2) is 30.3 Å². The Hall–Kier alpha value is -1.70. The zero-order chi connectivity index (χ0) is 19.5. The van der Waals surface area contributed by atoms with E-state index in [1.165, 1.54) is 0 Å². The molecule has 2 saturated carbocycles. The van der Waals surface area contributed by atoms with E-state index in [9.17, 15) is 13.2 Å². The summed E-state index contributed by atoms with van der Waals surface area (Å²) >= 11 is 0. The highest BCUT2D eigenvalue weighted by Gasteiger charge is 2.59. The second-order valence-corrected chi connectivity index (χ2v) is 9.91. The van der Waals surface area contributed by atoms with E-state index in [1.807, 2.05) is 18.2 Å². The van der Waals surface area contributed by atoms with E-state index < -0.39 is 26.5 Å². The van der Waals surface area contributed by atoms with Crippen molar-refractivity contribution < 1.29 is 18.4 Å². The highest BCUT2D eigenvalue weighted by atomic mass is 32.2. The number of hydroxylamine groups is 1. The molecule has 4 atom stereocenters. The van der Waals surface area contributed by atoms with E-state index in [0.717, 1.165) is 19.3 Å². The minimum absolute atomic E-state index is 0.0848. The fourth-order valence-corrected chi connectivity index (χ4v) is 7.23. The minimum Gasteiger partial charge on any atom is -0.325 e. The average Bonchev–Trinajstić information content (AvgIpc) is 3.18. The van der Waals surface area contributed by atoms with Crippen molar-refractivity contribution in [2.75, 3.05) is 0 Å².